The van der Waals surface area contributed by atoms with Crippen LogP contribution in [0.25, 0.3) is 0 Å². The van der Waals surface area contributed by atoms with Crippen LogP contribution in [-0.4, -0.2) is 29.8 Å². The van der Waals surface area contributed by atoms with Crippen LogP contribution in [-0.2, 0) is 9.09 Å². The Labute approximate surface area is 54.0 Å². The fourth-order valence-corrected chi connectivity index (χ4v) is 1.66. The first kappa shape index (κ1) is 7.22. The lowest BCUT2D eigenvalue weighted by atomic mass is 10.5. The van der Waals surface area contributed by atoms with Crippen molar-refractivity contribution in [2.24, 2.45) is 0 Å². The lowest BCUT2D eigenvalue weighted by molar-refractivity contribution is 0.172. The first-order valence-corrected chi connectivity index (χ1v) is 4.35. The third-order valence-corrected chi connectivity index (χ3v) is 2.90. The Morgan fingerprint density at radius 2 is 2.44 bits per heavy atom. The minimum atomic E-state index is -3.34. The smallest absolute Gasteiger partial charge is 0.312 e. The molecule has 1 rings (SSSR count). The van der Waals surface area contributed by atoms with Gasteiger partial charge in [-0.3, -0.25) is 4.52 Å². The average molecular weight is 151 g/mol. The summed E-state index contributed by atoms with van der Waals surface area (Å²) < 4.78 is 16.8. The monoisotopic (exact) mass is 151 g/mol. The Kier molecular flexibility index (Phi) is 1.91. The van der Waals surface area contributed by atoms with Gasteiger partial charge in [-0.1, -0.05) is 0 Å². The summed E-state index contributed by atoms with van der Waals surface area (Å²) in [5.41, 5.74) is 0. The van der Waals surface area contributed by atoms with Gasteiger partial charge in [-0.2, -0.15) is 0 Å². The maximum Gasteiger partial charge on any atom is 0.405 e. The van der Waals surface area contributed by atoms with E-state index in [1.807, 2.05) is 0 Å². The van der Waals surface area contributed by atoms with Crippen molar-refractivity contribution in [1.82, 2.24) is 4.67 Å². The van der Waals surface area contributed by atoms with Crippen molar-refractivity contribution in [1.29, 1.82) is 0 Å². The topological polar surface area (TPSA) is 49.8 Å². The fraction of sp³-hybridized carbons (Fsp3) is 1.00. The Morgan fingerprint density at radius 1 is 1.78 bits per heavy atom. The van der Waals surface area contributed by atoms with Gasteiger partial charge in [-0.05, 0) is 13.5 Å². The fourth-order valence-electron chi connectivity index (χ4n) is 0.702. The molecule has 0 aliphatic carbocycles. The summed E-state index contributed by atoms with van der Waals surface area (Å²) in [6, 6.07) is 0. The Bertz CT molecular complexity index is 149. The van der Waals surface area contributed by atoms with Crippen LogP contribution in [0.1, 0.15) is 6.42 Å². The minimum Gasteiger partial charge on any atom is -0.312 e. The number of hydrogen-bond acceptors (Lipinski definition) is 2. The second-order valence-electron chi connectivity index (χ2n) is 2.06. The normalized spacial score (nSPS) is 38.9. The number of rotatable bonds is 0. The van der Waals surface area contributed by atoms with Crippen LogP contribution in [0.15, 0.2) is 0 Å². The van der Waals surface area contributed by atoms with Crippen molar-refractivity contribution in [3.63, 3.8) is 0 Å². The molecule has 1 N–H and O–H groups in total. The highest BCUT2D eigenvalue weighted by Crippen LogP contribution is 2.47. The van der Waals surface area contributed by atoms with Gasteiger partial charge < -0.3 is 4.89 Å². The second-order valence-corrected chi connectivity index (χ2v) is 3.98. The highest BCUT2D eigenvalue weighted by molar-refractivity contribution is 7.50. The third-order valence-electron chi connectivity index (χ3n) is 1.32. The van der Waals surface area contributed by atoms with E-state index in [-0.39, 0.29) is 0 Å². The van der Waals surface area contributed by atoms with E-state index in [0.29, 0.717) is 13.2 Å². The summed E-state index contributed by atoms with van der Waals surface area (Å²) in [6.45, 7) is 1.05. The lowest BCUT2D eigenvalue weighted by Gasteiger charge is -2.26. The summed E-state index contributed by atoms with van der Waals surface area (Å²) in [6.07, 6.45) is 0.834. The van der Waals surface area contributed by atoms with Crippen molar-refractivity contribution in [2.75, 3.05) is 20.2 Å². The first-order chi connectivity index (χ1) is 4.13. The summed E-state index contributed by atoms with van der Waals surface area (Å²) in [7, 11) is -1.76. The molecular formula is C4H10NO3P. The van der Waals surface area contributed by atoms with Gasteiger partial charge in [0.15, 0.2) is 0 Å². The molecule has 0 radical (unpaired) electrons. The third kappa shape index (κ3) is 1.52. The Hall–Kier alpha value is 0.110. The predicted molar refractivity (Wildman–Crippen MR) is 33.0 cm³/mol. The minimum absolute atomic E-state index is 0.401. The molecule has 0 aromatic carbocycles. The van der Waals surface area contributed by atoms with Gasteiger partial charge in [0.2, 0.25) is 0 Å². The van der Waals surface area contributed by atoms with Crippen molar-refractivity contribution in [2.45, 2.75) is 6.42 Å². The standard InChI is InChI=1S/C4H10NO3P/c1-5-3-2-4-8-9(5,6)7/h2-4H2,1H3,(H,6,7). The molecule has 1 heterocycles. The highest BCUT2D eigenvalue weighted by atomic mass is 31.2. The molecule has 0 spiro atoms. The maximum absolute atomic E-state index is 10.8. The molecule has 1 fully saturated rings. The zero-order valence-electron chi connectivity index (χ0n) is 5.28. The molecule has 0 aromatic heterocycles. The molecule has 9 heavy (non-hydrogen) atoms. The van der Waals surface area contributed by atoms with E-state index in [4.69, 9.17) is 4.89 Å². The molecule has 0 saturated carbocycles. The zero-order valence-corrected chi connectivity index (χ0v) is 6.17. The van der Waals surface area contributed by atoms with Crippen LogP contribution in [0, 0.1) is 0 Å². The van der Waals surface area contributed by atoms with Gasteiger partial charge >= 0.3 is 7.75 Å². The van der Waals surface area contributed by atoms with E-state index < -0.39 is 7.75 Å². The molecule has 1 unspecified atom stereocenters. The van der Waals surface area contributed by atoms with Crippen LogP contribution in [0.4, 0.5) is 0 Å². The Balaban J connectivity index is 2.60. The largest absolute Gasteiger partial charge is 0.405 e. The van der Waals surface area contributed by atoms with Crippen molar-refractivity contribution in [3.8, 4) is 0 Å². The summed E-state index contributed by atoms with van der Waals surface area (Å²) in [5, 5.41) is 0. The molecule has 1 aliphatic heterocycles. The van der Waals surface area contributed by atoms with E-state index >= 15 is 0 Å². The molecule has 1 atom stereocenters. The van der Waals surface area contributed by atoms with Crippen LogP contribution >= 0.6 is 7.75 Å². The van der Waals surface area contributed by atoms with Crippen molar-refractivity contribution < 1.29 is 14.0 Å². The van der Waals surface area contributed by atoms with Crippen LogP contribution in [0.3, 0.4) is 0 Å². The molecule has 5 heteroatoms. The summed E-state index contributed by atoms with van der Waals surface area (Å²) >= 11 is 0. The zero-order chi connectivity index (χ0) is 6.91. The van der Waals surface area contributed by atoms with Crippen LogP contribution < -0.4 is 0 Å². The van der Waals surface area contributed by atoms with Crippen molar-refractivity contribution in [3.05, 3.63) is 0 Å². The van der Waals surface area contributed by atoms with E-state index in [1.165, 1.54) is 4.67 Å². The van der Waals surface area contributed by atoms with E-state index in [9.17, 15) is 4.57 Å². The van der Waals surface area contributed by atoms with Gasteiger partial charge in [0.25, 0.3) is 0 Å². The average Bonchev–Trinajstić information content (AvgIpc) is 1.77. The van der Waals surface area contributed by atoms with Crippen LogP contribution in [0.2, 0.25) is 0 Å². The number of nitrogens with zero attached hydrogens (tertiary/aromatic N) is 1. The number of hydrogen-bond donors (Lipinski definition) is 1. The second kappa shape index (κ2) is 2.39. The lowest BCUT2D eigenvalue weighted by Crippen LogP contribution is -2.23. The molecule has 0 bridgehead atoms. The Morgan fingerprint density at radius 3 is 2.78 bits per heavy atom. The molecule has 1 saturated heterocycles. The van der Waals surface area contributed by atoms with Gasteiger partial charge in [0, 0.05) is 6.54 Å². The summed E-state index contributed by atoms with van der Waals surface area (Å²) in [5.74, 6) is 0. The van der Waals surface area contributed by atoms with E-state index in [1.54, 1.807) is 7.05 Å². The maximum atomic E-state index is 10.8. The summed E-state index contributed by atoms with van der Waals surface area (Å²) in [4.78, 5) is 8.90. The van der Waals surface area contributed by atoms with E-state index in [2.05, 4.69) is 4.52 Å². The van der Waals surface area contributed by atoms with Gasteiger partial charge in [0.1, 0.15) is 0 Å². The molecular weight excluding hydrogens is 141 g/mol. The molecule has 1 aliphatic rings. The SMILES string of the molecule is CN1CCCOP1(=O)O. The van der Waals surface area contributed by atoms with Gasteiger partial charge in [0.05, 0.1) is 6.61 Å². The van der Waals surface area contributed by atoms with Crippen molar-refractivity contribution >= 4 is 7.75 Å². The van der Waals surface area contributed by atoms with Crippen LogP contribution in [0.5, 0.6) is 0 Å². The predicted octanol–water partition coefficient (Wildman–Crippen LogP) is 0.439. The molecule has 54 valence electrons. The van der Waals surface area contributed by atoms with Gasteiger partial charge in [-0.25, -0.2) is 9.24 Å². The molecule has 0 aromatic rings. The highest BCUT2D eigenvalue weighted by Gasteiger charge is 2.28. The molecule has 0 amide bonds. The quantitative estimate of drug-likeness (QED) is 0.510. The first-order valence-electron chi connectivity index (χ1n) is 2.82. The van der Waals surface area contributed by atoms with Gasteiger partial charge in [-0.15, -0.1) is 0 Å². The molecule has 4 nitrogen and oxygen atoms in total. The van der Waals surface area contributed by atoms with E-state index in [0.717, 1.165) is 6.42 Å².